The predicted octanol–water partition coefficient (Wildman–Crippen LogP) is 3.69. The van der Waals surface area contributed by atoms with Crippen molar-refractivity contribution in [3.05, 3.63) is 64.5 Å². The monoisotopic (exact) mass is 253 g/mol. The minimum atomic E-state index is 0.177. The molecule has 0 aliphatic rings. The third kappa shape index (κ3) is 2.90. The molecule has 0 amide bonds. The minimum Gasteiger partial charge on any atom is -0.294 e. The van der Waals surface area contributed by atoms with Gasteiger partial charge in [-0.1, -0.05) is 25.1 Å². The Morgan fingerprint density at radius 2 is 1.84 bits per heavy atom. The summed E-state index contributed by atoms with van der Waals surface area (Å²) in [6.07, 6.45) is 4.78. The van der Waals surface area contributed by atoms with Crippen LogP contribution in [0, 0.1) is 13.8 Å². The summed E-state index contributed by atoms with van der Waals surface area (Å²) in [7, 11) is 0. The van der Waals surface area contributed by atoms with Gasteiger partial charge in [-0.25, -0.2) is 0 Å². The maximum Gasteiger partial charge on any atom is 0.167 e. The molecule has 98 valence electrons. The lowest BCUT2D eigenvalue weighted by atomic mass is 9.94. The summed E-state index contributed by atoms with van der Waals surface area (Å²) in [5.41, 5.74) is 5.34. The Hall–Kier alpha value is -1.96. The molecule has 2 rings (SSSR count). The number of ketones is 1. The highest BCUT2D eigenvalue weighted by molar-refractivity contribution is 5.99. The highest BCUT2D eigenvalue weighted by Crippen LogP contribution is 2.18. The van der Waals surface area contributed by atoms with E-state index in [0.29, 0.717) is 6.42 Å². The van der Waals surface area contributed by atoms with Gasteiger partial charge in [0.15, 0.2) is 5.78 Å². The Morgan fingerprint density at radius 3 is 2.47 bits per heavy atom. The molecule has 0 fully saturated rings. The second-order valence-corrected chi connectivity index (χ2v) is 4.86. The zero-order valence-electron chi connectivity index (χ0n) is 11.7. The van der Waals surface area contributed by atoms with Gasteiger partial charge in [-0.05, 0) is 48.6 Å². The summed E-state index contributed by atoms with van der Waals surface area (Å²) in [6, 6.07) is 7.98. The van der Waals surface area contributed by atoms with Gasteiger partial charge in [0.1, 0.15) is 0 Å². The van der Waals surface area contributed by atoms with Gasteiger partial charge in [0.05, 0.1) is 0 Å². The molecule has 2 aromatic rings. The van der Waals surface area contributed by atoms with E-state index in [1.54, 1.807) is 12.4 Å². The van der Waals surface area contributed by atoms with Crippen LogP contribution in [0.2, 0.25) is 0 Å². The Morgan fingerprint density at radius 1 is 1.16 bits per heavy atom. The number of hydrogen-bond acceptors (Lipinski definition) is 2. The highest BCUT2D eigenvalue weighted by Gasteiger charge is 2.13. The van der Waals surface area contributed by atoms with Crippen LogP contribution in [-0.4, -0.2) is 10.8 Å². The number of carbonyl (C=O) groups is 1. The second kappa shape index (κ2) is 5.79. The van der Waals surface area contributed by atoms with E-state index in [1.165, 1.54) is 11.1 Å². The second-order valence-electron chi connectivity index (χ2n) is 4.86. The number of benzene rings is 1. The number of Topliss-reactive ketones (excluding diaryl/α,β-unsaturated/α-hetero) is 1. The topological polar surface area (TPSA) is 30.0 Å². The molecular formula is C17H19NO. The lowest BCUT2D eigenvalue weighted by molar-refractivity contribution is 0.0991. The summed E-state index contributed by atoms with van der Waals surface area (Å²) in [4.78, 5) is 16.6. The van der Waals surface area contributed by atoms with Gasteiger partial charge in [0.2, 0.25) is 0 Å². The number of aryl methyl sites for hydroxylation is 3. The molecule has 0 aliphatic heterocycles. The molecule has 0 aliphatic carbocycles. The van der Waals surface area contributed by atoms with Crippen molar-refractivity contribution in [2.24, 2.45) is 0 Å². The minimum absolute atomic E-state index is 0.177. The molecular weight excluding hydrogens is 234 g/mol. The maximum absolute atomic E-state index is 12.5. The van der Waals surface area contributed by atoms with Crippen LogP contribution in [0.3, 0.4) is 0 Å². The fourth-order valence-electron chi connectivity index (χ4n) is 2.36. The number of carbonyl (C=O) groups excluding carboxylic acids is 1. The predicted molar refractivity (Wildman–Crippen MR) is 77.6 cm³/mol. The number of pyridine rings is 1. The van der Waals surface area contributed by atoms with E-state index in [9.17, 15) is 4.79 Å². The van der Waals surface area contributed by atoms with E-state index in [2.05, 4.69) is 31.0 Å². The van der Waals surface area contributed by atoms with E-state index >= 15 is 0 Å². The molecule has 0 saturated heterocycles. The van der Waals surface area contributed by atoms with Crippen LogP contribution < -0.4 is 0 Å². The van der Waals surface area contributed by atoms with Crippen molar-refractivity contribution in [3.8, 4) is 0 Å². The SMILES string of the molecule is CCc1cnccc1C(=O)Cc1c(C)cccc1C. The van der Waals surface area contributed by atoms with Crippen LogP contribution in [0.5, 0.6) is 0 Å². The summed E-state index contributed by atoms with van der Waals surface area (Å²) < 4.78 is 0. The smallest absolute Gasteiger partial charge is 0.167 e. The number of hydrogen-bond donors (Lipinski definition) is 0. The molecule has 0 radical (unpaired) electrons. The maximum atomic E-state index is 12.5. The Balaban J connectivity index is 2.31. The summed E-state index contributed by atoms with van der Waals surface area (Å²) >= 11 is 0. The van der Waals surface area contributed by atoms with Gasteiger partial charge < -0.3 is 0 Å². The van der Waals surface area contributed by atoms with Crippen molar-refractivity contribution in [2.45, 2.75) is 33.6 Å². The zero-order chi connectivity index (χ0) is 13.8. The third-order valence-electron chi connectivity index (χ3n) is 3.57. The molecule has 0 bridgehead atoms. The van der Waals surface area contributed by atoms with Crippen LogP contribution in [0.15, 0.2) is 36.7 Å². The van der Waals surface area contributed by atoms with Crippen molar-refractivity contribution in [1.29, 1.82) is 0 Å². The third-order valence-corrected chi connectivity index (χ3v) is 3.57. The fraction of sp³-hybridized carbons (Fsp3) is 0.294. The lowest BCUT2D eigenvalue weighted by Crippen LogP contribution is -2.09. The van der Waals surface area contributed by atoms with Gasteiger partial charge in [0.25, 0.3) is 0 Å². The molecule has 2 heteroatoms. The van der Waals surface area contributed by atoms with Crippen molar-refractivity contribution in [1.82, 2.24) is 4.98 Å². The van der Waals surface area contributed by atoms with Gasteiger partial charge >= 0.3 is 0 Å². The lowest BCUT2D eigenvalue weighted by Gasteiger charge is -2.10. The molecule has 0 N–H and O–H groups in total. The molecule has 1 heterocycles. The first-order valence-electron chi connectivity index (χ1n) is 6.64. The van der Waals surface area contributed by atoms with Gasteiger partial charge in [-0.2, -0.15) is 0 Å². The van der Waals surface area contributed by atoms with E-state index < -0.39 is 0 Å². The molecule has 0 atom stereocenters. The van der Waals surface area contributed by atoms with Gasteiger partial charge in [0, 0.05) is 24.4 Å². The molecule has 0 unspecified atom stereocenters. The zero-order valence-corrected chi connectivity index (χ0v) is 11.7. The molecule has 0 spiro atoms. The van der Waals surface area contributed by atoms with Crippen molar-refractivity contribution < 1.29 is 4.79 Å². The van der Waals surface area contributed by atoms with Gasteiger partial charge in [-0.15, -0.1) is 0 Å². The van der Waals surface area contributed by atoms with E-state index in [0.717, 1.165) is 23.1 Å². The Bertz CT molecular complexity index is 582. The van der Waals surface area contributed by atoms with Crippen molar-refractivity contribution in [3.63, 3.8) is 0 Å². The largest absolute Gasteiger partial charge is 0.294 e. The number of nitrogens with zero attached hydrogens (tertiary/aromatic N) is 1. The van der Waals surface area contributed by atoms with Crippen LogP contribution in [0.25, 0.3) is 0 Å². The molecule has 0 saturated carbocycles. The summed E-state index contributed by atoms with van der Waals surface area (Å²) in [5, 5.41) is 0. The normalized spacial score (nSPS) is 10.5. The molecule has 2 nitrogen and oxygen atoms in total. The average molecular weight is 253 g/mol. The van der Waals surface area contributed by atoms with Crippen LogP contribution in [-0.2, 0) is 12.8 Å². The molecule has 19 heavy (non-hydrogen) atoms. The first kappa shape index (κ1) is 13.5. The van der Waals surface area contributed by atoms with Gasteiger partial charge in [-0.3, -0.25) is 9.78 Å². The number of aromatic nitrogens is 1. The van der Waals surface area contributed by atoms with Crippen LogP contribution in [0.1, 0.15) is 39.5 Å². The quantitative estimate of drug-likeness (QED) is 0.778. The van der Waals surface area contributed by atoms with E-state index in [4.69, 9.17) is 0 Å². The van der Waals surface area contributed by atoms with Crippen molar-refractivity contribution in [2.75, 3.05) is 0 Å². The summed E-state index contributed by atoms with van der Waals surface area (Å²) in [5.74, 6) is 0.177. The molecule has 1 aromatic heterocycles. The number of rotatable bonds is 4. The Kier molecular flexibility index (Phi) is 4.10. The summed E-state index contributed by atoms with van der Waals surface area (Å²) in [6.45, 7) is 6.17. The van der Waals surface area contributed by atoms with E-state index in [-0.39, 0.29) is 5.78 Å². The fourth-order valence-corrected chi connectivity index (χ4v) is 2.36. The first-order chi connectivity index (χ1) is 9.13. The molecule has 1 aromatic carbocycles. The van der Waals surface area contributed by atoms with Crippen molar-refractivity contribution >= 4 is 5.78 Å². The van der Waals surface area contributed by atoms with E-state index in [1.807, 2.05) is 19.1 Å². The Labute approximate surface area is 114 Å². The van der Waals surface area contributed by atoms with Crippen LogP contribution in [0.4, 0.5) is 0 Å². The highest BCUT2D eigenvalue weighted by atomic mass is 16.1. The first-order valence-corrected chi connectivity index (χ1v) is 6.64. The standard InChI is InChI=1S/C17H19NO/c1-4-14-11-18-9-8-15(14)17(19)10-16-12(2)6-5-7-13(16)3/h5-9,11H,4,10H2,1-3H3. The van der Waals surface area contributed by atoms with Crippen LogP contribution >= 0.6 is 0 Å². The average Bonchev–Trinajstić information content (AvgIpc) is 2.42.